The van der Waals surface area contributed by atoms with Gasteiger partial charge in [0.2, 0.25) is 0 Å². The van der Waals surface area contributed by atoms with Crippen LogP contribution in [0.4, 0.5) is 8.78 Å². The molecule has 3 nitrogen and oxygen atoms in total. The van der Waals surface area contributed by atoms with Gasteiger partial charge in [0.15, 0.2) is 5.69 Å². The molecular weight excluding hydrogens is 375 g/mol. The third-order valence-electron chi connectivity index (χ3n) is 1.39. The molecule has 0 unspecified atom stereocenters. The van der Waals surface area contributed by atoms with Crippen molar-refractivity contribution in [1.82, 2.24) is 4.98 Å². The number of alkyl halides is 2. The smallest absolute Gasteiger partial charge is 0.355 e. The van der Waals surface area contributed by atoms with Gasteiger partial charge in [-0.1, -0.05) is 0 Å². The molecule has 0 bridgehead atoms. The van der Waals surface area contributed by atoms with E-state index in [0.29, 0.717) is 0 Å². The predicted octanol–water partition coefficient (Wildman–Crippen LogP) is 3.08. The number of rotatable bonds is 2. The van der Waals surface area contributed by atoms with Gasteiger partial charge < -0.3 is 5.11 Å². The molecule has 0 amide bonds. The summed E-state index contributed by atoms with van der Waals surface area (Å²) >= 11 is 4.48. The second kappa shape index (κ2) is 4.47. The van der Waals surface area contributed by atoms with E-state index in [4.69, 9.17) is 5.11 Å². The van der Waals surface area contributed by atoms with Crippen molar-refractivity contribution >= 4 is 44.5 Å². The maximum Gasteiger partial charge on any atom is 0.355 e. The van der Waals surface area contributed by atoms with Gasteiger partial charge in [0.25, 0.3) is 6.43 Å². The number of hydrogen-bond acceptors (Lipinski definition) is 2. The molecule has 0 aliphatic heterocycles. The van der Waals surface area contributed by atoms with Crippen LogP contribution in [0.2, 0.25) is 0 Å². The van der Waals surface area contributed by atoms with Gasteiger partial charge in [-0.05, 0) is 44.6 Å². The molecule has 76 valence electrons. The number of carbonyl (C=O) groups is 1. The number of hydrogen-bond donors (Lipinski definition) is 1. The molecule has 0 aromatic carbocycles. The van der Waals surface area contributed by atoms with Gasteiger partial charge in [-0.15, -0.1) is 0 Å². The minimum Gasteiger partial charge on any atom is -0.476 e. The molecule has 0 atom stereocenters. The monoisotopic (exact) mass is 377 g/mol. The summed E-state index contributed by atoms with van der Waals surface area (Å²) in [7, 11) is 0. The quantitative estimate of drug-likeness (QED) is 0.636. The molecule has 0 saturated heterocycles. The van der Waals surface area contributed by atoms with E-state index in [1.54, 1.807) is 22.6 Å². The normalized spacial score (nSPS) is 10.6. The lowest BCUT2D eigenvalue weighted by molar-refractivity contribution is 0.0688. The highest BCUT2D eigenvalue weighted by molar-refractivity contribution is 14.1. The van der Waals surface area contributed by atoms with Crippen LogP contribution >= 0.6 is 38.5 Å². The van der Waals surface area contributed by atoms with Gasteiger partial charge in [0, 0.05) is 5.56 Å². The summed E-state index contributed by atoms with van der Waals surface area (Å²) in [5.74, 6) is -1.34. The minimum absolute atomic E-state index is 0.166. The van der Waals surface area contributed by atoms with Crippen LogP contribution in [-0.4, -0.2) is 16.1 Å². The van der Waals surface area contributed by atoms with Crippen LogP contribution in [0.15, 0.2) is 10.5 Å². The number of aromatic nitrogens is 1. The predicted molar refractivity (Wildman–Crippen MR) is 56.6 cm³/mol. The summed E-state index contributed by atoms with van der Waals surface area (Å²) < 4.78 is 24.8. The van der Waals surface area contributed by atoms with Crippen LogP contribution in [0.1, 0.15) is 22.5 Å². The number of halogens is 4. The molecule has 1 aromatic rings. The fraction of sp³-hybridized carbons (Fsp3) is 0.143. The number of pyridine rings is 1. The molecule has 1 N–H and O–H groups in total. The summed E-state index contributed by atoms with van der Waals surface area (Å²) in [5, 5.41) is 8.66. The van der Waals surface area contributed by atoms with Crippen molar-refractivity contribution in [3.05, 3.63) is 25.5 Å². The van der Waals surface area contributed by atoms with E-state index >= 15 is 0 Å². The summed E-state index contributed by atoms with van der Waals surface area (Å²) in [4.78, 5) is 14.2. The second-order valence-electron chi connectivity index (χ2n) is 2.30. The molecule has 1 aromatic heterocycles. The Labute approximate surface area is 99.8 Å². The summed E-state index contributed by atoms with van der Waals surface area (Å²) in [6.07, 6.45) is -2.72. The Morgan fingerprint density at radius 1 is 1.64 bits per heavy atom. The third kappa shape index (κ3) is 2.38. The van der Waals surface area contributed by atoms with Crippen LogP contribution in [0.5, 0.6) is 0 Å². The lowest BCUT2D eigenvalue weighted by atomic mass is 10.2. The van der Waals surface area contributed by atoms with Crippen LogP contribution in [0, 0.1) is 3.70 Å². The summed E-state index contributed by atoms with van der Waals surface area (Å²) in [6.45, 7) is 0. The summed E-state index contributed by atoms with van der Waals surface area (Å²) in [5.41, 5.74) is -0.756. The first-order valence-corrected chi connectivity index (χ1v) is 5.18. The molecule has 0 aliphatic carbocycles. The highest BCUT2D eigenvalue weighted by Crippen LogP contribution is 2.30. The number of aromatic carboxylic acids is 1. The van der Waals surface area contributed by atoms with Crippen molar-refractivity contribution in [2.24, 2.45) is 0 Å². The summed E-state index contributed by atoms with van der Waals surface area (Å²) in [6, 6.07) is 1.14. The maximum atomic E-state index is 12.4. The second-order valence-corrected chi connectivity index (χ2v) is 4.20. The Kier molecular flexibility index (Phi) is 3.76. The largest absolute Gasteiger partial charge is 0.476 e. The first-order chi connectivity index (χ1) is 6.43. The van der Waals surface area contributed by atoms with E-state index in [9.17, 15) is 13.6 Å². The van der Waals surface area contributed by atoms with Gasteiger partial charge >= 0.3 is 5.97 Å². The van der Waals surface area contributed by atoms with Crippen molar-refractivity contribution in [2.75, 3.05) is 0 Å². The van der Waals surface area contributed by atoms with Crippen LogP contribution in [0.3, 0.4) is 0 Å². The van der Waals surface area contributed by atoms with Crippen molar-refractivity contribution in [3.63, 3.8) is 0 Å². The molecule has 7 heteroatoms. The number of nitrogens with zero attached hydrogens (tertiary/aromatic N) is 1. The molecule has 0 aliphatic rings. The topological polar surface area (TPSA) is 50.2 Å². The Bertz CT molecular complexity index is 386. The van der Waals surface area contributed by atoms with E-state index in [1.807, 2.05) is 0 Å². The van der Waals surface area contributed by atoms with Crippen molar-refractivity contribution in [3.8, 4) is 0 Å². The van der Waals surface area contributed by atoms with Gasteiger partial charge in [0.1, 0.15) is 3.70 Å². The number of carboxylic acid groups (broad SMARTS) is 1. The molecule has 0 spiro atoms. The van der Waals surface area contributed by atoms with E-state index in [1.165, 1.54) is 0 Å². The Morgan fingerprint density at radius 2 is 2.21 bits per heavy atom. The molecule has 0 saturated carbocycles. The molecule has 0 fully saturated rings. The highest BCUT2D eigenvalue weighted by Gasteiger charge is 2.20. The van der Waals surface area contributed by atoms with Gasteiger partial charge in [0.05, 0.1) is 4.47 Å². The Balaban J connectivity index is 3.40. The molecule has 14 heavy (non-hydrogen) atoms. The zero-order chi connectivity index (χ0) is 10.9. The third-order valence-corrected chi connectivity index (χ3v) is 2.78. The molecule has 1 rings (SSSR count). The van der Waals surface area contributed by atoms with Crippen LogP contribution < -0.4 is 0 Å². The van der Waals surface area contributed by atoms with Crippen LogP contribution in [-0.2, 0) is 0 Å². The van der Waals surface area contributed by atoms with E-state index < -0.39 is 18.1 Å². The number of carboxylic acids is 1. The highest BCUT2D eigenvalue weighted by atomic mass is 127. The minimum atomic E-state index is -2.72. The first kappa shape index (κ1) is 11.8. The molecule has 0 radical (unpaired) electrons. The fourth-order valence-electron chi connectivity index (χ4n) is 0.817. The van der Waals surface area contributed by atoms with E-state index in [-0.39, 0.29) is 13.7 Å². The van der Waals surface area contributed by atoms with E-state index in [0.717, 1.165) is 6.07 Å². The Morgan fingerprint density at radius 3 is 2.64 bits per heavy atom. The zero-order valence-corrected chi connectivity index (χ0v) is 10.2. The van der Waals surface area contributed by atoms with Crippen LogP contribution in [0.25, 0.3) is 0 Å². The average molecular weight is 378 g/mol. The average Bonchev–Trinajstić information content (AvgIpc) is 2.07. The lowest BCUT2D eigenvalue weighted by Crippen LogP contribution is -2.05. The lowest BCUT2D eigenvalue weighted by Gasteiger charge is -2.06. The van der Waals surface area contributed by atoms with E-state index in [2.05, 4.69) is 20.9 Å². The SMILES string of the molecule is O=C(O)c1nc(I)cc(C(F)F)c1Br. The standard InChI is InChI=1S/C7H3BrF2INO2/c8-4-2(6(9)10)1-3(11)12-5(4)7(13)14/h1,6H,(H,13,14). The van der Waals surface area contributed by atoms with Crippen molar-refractivity contribution in [1.29, 1.82) is 0 Å². The fourth-order valence-corrected chi connectivity index (χ4v) is 1.94. The zero-order valence-electron chi connectivity index (χ0n) is 6.47. The van der Waals surface area contributed by atoms with Gasteiger partial charge in [-0.3, -0.25) is 0 Å². The first-order valence-electron chi connectivity index (χ1n) is 3.31. The molecular formula is C7H3BrF2INO2. The van der Waals surface area contributed by atoms with Gasteiger partial charge in [-0.2, -0.15) is 0 Å². The molecule has 1 heterocycles. The van der Waals surface area contributed by atoms with Crippen molar-refractivity contribution in [2.45, 2.75) is 6.43 Å². The maximum absolute atomic E-state index is 12.4. The Hall–Kier alpha value is -0.310. The van der Waals surface area contributed by atoms with Gasteiger partial charge in [-0.25, -0.2) is 18.6 Å². The van der Waals surface area contributed by atoms with Crippen molar-refractivity contribution < 1.29 is 18.7 Å².